The summed E-state index contributed by atoms with van der Waals surface area (Å²) in [6.07, 6.45) is 0. The summed E-state index contributed by atoms with van der Waals surface area (Å²) in [6, 6.07) is 0. The van der Waals surface area contributed by atoms with Crippen molar-refractivity contribution >= 4 is 58.7 Å². The first-order valence-electron chi connectivity index (χ1n) is 1.44. The van der Waals surface area contributed by atoms with Crippen LogP contribution in [-0.2, 0) is 21.6 Å². The van der Waals surface area contributed by atoms with E-state index in [9.17, 15) is 0 Å². The molecule has 0 aromatic heterocycles. The molecule has 0 spiro atoms. The van der Waals surface area contributed by atoms with Crippen LogP contribution in [0.4, 0.5) is 0 Å². The zero-order valence-electron chi connectivity index (χ0n) is 5.14. The van der Waals surface area contributed by atoms with Crippen molar-refractivity contribution < 1.29 is 37.7 Å². The Morgan fingerprint density at radius 1 is 1.38 bits per heavy atom. The molecule has 0 aliphatic rings. The topological polar surface area (TPSA) is 86.2 Å². The van der Waals surface area contributed by atoms with E-state index in [-0.39, 0.29) is 18.5 Å². The Bertz CT molecular complexity index is 66.7. The van der Waals surface area contributed by atoms with E-state index in [1.807, 2.05) is 0 Å². The van der Waals surface area contributed by atoms with Crippen molar-refractivity contribution in [1.29, 1.82) is 0 Å². The van der Waals surface area contributed by atoms with Crippen molar-refractivity contribution in [1.82, 2.24) is 0 Å². The third-order valence-electron chi connectivity index (χ3n) is 0. The summed E-state index contributed by atoms with van der Waals surface area (Å²) in [7, 11) is -3.19. The van der Waals surface area contributed by atoms with Gasteiger partial charge in [0.1, 0.15) is 0 Å². The molecule has 1 radical (unpaired) electrons. The van der Waals surface area contributed by atoms with E-state index in [0.717, 1.165) is 42.4 Å². The predicted octanol–water partition coefficient (Wildman–Crippen LogP) is -3.48. The van der Waals surface area contributed by atoms with Gasteiger partial charge in [-0.3, -0.25) is 0 Å². The second-order valence-corrected chi connectivity index (χ2v) is 1.34. The molecule has 0 saturated carbocycles. The van der Waals surface area contributed by atoms with E-state index in [1.54, 1.807) is 0 Å². The van der Waals surface area contributed by atoms with Crippen LogP contribution in [0.5, 0.6) is 0 Å². The summed E-state index contributed by atoms with van der Waals surface area (Å²) in [6.45, 7) is 0. The Labute approximate surface area is 94.4 Å². The maximum absolute atomic E-state index is 8.55. The standard InChI is InChI=1S/Ba.Fe.Li.H3O4P.H/c;;;1-5(2,3)4;/h;;;(H3,1,2,3,4);/q+1;+3;;;-1/p-3. The quantitative estimate of drug-likeness (QED) is 0.343. The first kappa shape index (κ1) is 17.0. The Kier molecular flexibility index (Phi) is 20.9. The molecule has 41 valence electrons. The van der Waals surface area contributed by atoms with E-state index in [0.29, 0.717) is 0 Å². The van der Waals surface area contributed by atoms with E-state index in [1.165, 1.54) is 0 Å². The second-order valence-electron chi connectivity index (χ2n) is 0.447. The first-order chi connectivity index (χ1) is 3.00. The van der Waals surface area contributed by atoms with Gasteiger partial charge in [0.25, 0.3) is 0 Å². The van der Waals surface area contributed by atoms with Crippen molar-refractivity contribution in [3.63, 3.8) is 0 Å². The molecule has 0 aliphatic heterocycles. The van der Waals surface area contributed by atoms with Gasteiger partial charge >= 0.3 is 67.9 Å². The van der Waals surface area contributed by atoms with Gasteiger partial charge in [-0.15, -0.1) is 0 Å². The zero-order valence-corrected chi connectivity index (χ0v) is 10.6. The van der Waals surface area contributed by atoms with Crippen molar-refractivity contribution in [3.8, 4) is 0 Å². The van der Waals surface area contributed by atoms with Crippen molar-refractivity contribution in [2.45, 2.75) is 0 Å². The predicted molar refractivity (Wildman–Crippen MR) is 20.2 cm³/mol. The molecule has 0 N–H and O–H groups in total. The molecular formula is HBaFeLiO4P. The summed E-state index contributed by atoms with van der Waals surface area (Å²) < 4.78 is 8.55. The Hall–Kier alpha value is 2.80. The van der Waals surface area contributed by atoms with Crippen molar-refractivity contribution in [3.05, 3.63) is 0 Å². The molecular weight excluding hydrogens is 295 g/mol. The fourth-order valence-corrected chi connectivity index (χ4v) is 0. The first-order valence-corrected chi connectivity index (χ1v) is 7.34. The van der Waals surface area contributed by atoms with Gasteiger partial charge in [0.05, 0.1) is 0 Å². The normalized spacial score (nSPS) is 8.38. The summed E-state index contributed by atoms with van der Waals surface area (Å²) >= 11 is 1.03. The maximum atomic E-state index is 8.55. The Morgan fingerprint density at radius 3 is 1.38 bits per heavy atom. The van der Waals surface area contributed by atoms with Crippen LogP contribution >= 0.6 is 7.82 Å². The Balaban J connectivity index is -0.0000000286. The molecule has 0 bridgehead atoms. The molecule has 0 aromatic carbocycles. The molecule has 0 aromatic rings. The van der Waals surface area contributed by atoms with Gasteiger partial charge < -0.3 is 20.7 Å². The Morgan fingerprint density at radius 2 is 1.38 bits per heavy atom. The summed E-state index contributed by atoms with van der Waals surface area (Å²) in [5, 5.41) is 0. The second kappa shape index (κ2) is 9.80. The van der Waals surface area contributed by atoms with Gasteiger partial charge in [-0.05, 0) is 0 Å². The van der Waals surface area contributed by atoms with Crippen LogP contribution < -0.4 is 14.7 Å². The molecule has 0 fully saturated rings. The molecule has 0 unspecified atom stereocenters. The third-order valence-corrected chi connectivity index (χ3v) is 0. The number of hydrogen-bond acceptors (Lipinski definition) is 4. The van der Waals surface area contributed by atoms with Crippen LogP contribution in [0.1, 0.15) is 1.43 Å². The average Bonchev–Trinajstić information content (AvgIpc) is 1.36. The zero-order chi connectivity index (χ0) is 6.50. The van der Waals surface area contributed by atoms with Gasteiger partial charge in [-0.25, -0.2) is 0 Å². The van der Waals surface area contributed by atoms with Crippen molar-refractivity contribution in [2.75, 3.05) is 0 Å². The average molecular weight is 296 g/mol. The van der Waals surface area contributed by atoms with E-state index < -0.39 is 7.82 Å². The van der Waals surface area contributed by atoms with E-state index in [2.05, 4.69) is 8.43 Å². The minimum absolute atomic E-state index is 0. The van der Waals surface area contributed by atoms with Gasteiger partial charge in [0.2, 0.25) is 0 Å². The van der Waals surface area contributed by atoms with Crippen LogP contribution in [0.2, 0.25) is 0 Å². The SMILES string of the molecule is O=P([O-])([O-])[O-].[Fe+3].[H-].[Li][Ba+]. The van der Waals surface area contributed by atoms with Gasteiger partial charge in [-0.1, -0.05) is 0 Å². The van der Waals surface area contributed by atoms with E-state index >= 15 is 0 Å². The fraction of sp³-hybridized carbons (Fsp3) is 0. The van der Waals surface area contributed by atoms with Crippen LogP contribution in [0.15, 0.2) is 0 Å². The molecule has 8 heteroatoms. The molecule has 0 aliphatic carbocycles. The minimum atomic E-state index is -5.39. The number of rotatable bonds is 0. The van der Waals surface area contributed by atoms with Crippen LogP contribution in [0.25, 0.3) is 0 Å². The summed E-state index contributed by atoms with van der Waals surface area (Å²) in [4.78, 5) is 25.6. The fourth-order valence-electron chi connectivity index (χ4n) is 0. The third kappa shape index (κ3) is 68.3. The van der Waals surface area contributed by atoms with Gasteiger partial charge in [0.15, 0.2) is 0 Å². The molecule has 0 amide bonds. The number of hydrogen-bond donors (Lipinski definition) is 0. The molecule has 0 rings (SSSR count). The summed E-state index contributed by atoms with van der Waals surface area (Å²) in [5.41, 5.74) is 0. The van der Waals surface area contributed by atoms with Gasteiger partial charge in [0, 0.05) is 0 Å². The number of phosphoric acid groups is 1. The molecule has 0 saturated heterocycles. The summed E-state index contributed by atoms with van der Waals surface area (Å²) in [5.74, 6) is 0. The molecule has 0 atom stereocenters. The van der Waals surface area contributed by atoms with Crippen LogP contribution in [0, 0.1) is 0 Å². The van der Waals surface area contributed by atoms with Crippen molar-refractivity contribution in [2.24, 2.45) is 0 Å². The molecule has 4 nitrogen and oxygen atoms in total. The molecule has 8 heavy (non-hydrogen) atoms. The van der Waals surface area contributed by atoms with Crippen LogP contribution in [0.3, 0.4) is 0 Å². The molecule has 0 heterocycles. The monoisotopic (exact) mass is 297 g/mol. The van der Waals surface area contributed by atoms with Crippen LogP contribution in [-0.4, -0.2) is 50.8 Å². The van der Waals surface area contributed by atoms with Gasteiger partial charge in [-0.2, -0.15) is 7.82 Å². The van der Waals surface area contributed by atoms with E-state index in [4.69, 9.17) is 19.2 Å².